The third-order valence-electron chi connectivity index (χ3n) is 3.21. The SMILES string of the molecule is CC1(CN)CCN(Cc2cc(Br)c(Cl)s2)C1.Cl. The Morgan fingerprint density at radius 3 is 2.82 bits per heavy atom. The maximum atomic E-state index is 6.03. The summed E-state index contributed by atoms with van der Waals surface area (Å²) in [7, 11) is 0. The van der Waals surface area contributed by atoms with Crippen molar-refractivity contribution in [2.45, 2.75) is 19.9 Å². The van der Waals surface area contributed by atoms with E-state index in [0.29, 0.717) is 5.41 Å². The molecule has 0 aromatic carbocycles. The van der Waals surface area contributed by atoms with Gasteiger partial charge < -0.3 is 5.73 Å². The molecule has 2 nitrogen and oxygen atoms in total. The van der Waals surface area contributed by atoms with E-state index in [0.717, 1.165) is 35.0 Å². The number of hydrogen-bond donors (Lipinski definition) is 1. The minimum Gasteiger partial charge on any atom is -0.330 e. The second-order valence-corrected chi connectivity index (χ2v) is 7.40. The van der Waals surface area contributed by atoms with Crippen LogP contribution in [-0.4, -0.2) is 24.5 Å². The second-order valence-electron chi connectivity index (χ2n) is 4.81. The van der Waals surface area contributed by atoms with Crippen LogP contribution in [0.3, 0.4) is 0 Å². The largest absolute Gasteiger partial charge is 0.330 e. The van der Waals surface area contributed by atoms with Gasteiger partial charge in [0.2, 0.25) is 0 Å². The molecule has 1 aromatic rings. The van der Waals surface area contributed by atoms with Crippen molar-refractivity contribution in [2.75, 3.05) is 19.6 Å². The number of likely N-dealkylation sites (tertiary alicyclic amines) is 1. The highest BCUT2D eigenvalue weighted by molar-refractivity contribution is 9.10. The summed E-state index contributed by atoms with van der Waals surface area (Å²) < 4.78 is 1.85. The van der Waals surface area contributed by atoms with Gasteiger partial charge in [-0.2, -0.15) is 0 Å². The van der Waals surface area contributed by atoms with Crippen LogP contribution in [0.2, 0.25) is 4.34 Å². The van der Waals surface area contributed by atoms with Gasteiger partial charge in [-0.1, -0.05) is 18.5 Å². The van der Waals surface area contributed by atoms with Crippen molar-refractivity contribution in [3.63, 3.8) is 0 Å². The average molecular weight is 360 g/mol. The molecule has 2 heterocycles. The van der Waals surface area contributed by atoms with Crippen molar-refractivity contribution in [1.29, 1.82) is 0 Å². The summed E-state index contributed by atoms with van der Waals surface area (Å²) >= 11 is 11.1. The monoisotopic (exact) mass is 358 g/mol. The summed E-state index contributed by atoms with van der Waals surface area (Å²) in [6, 6.07) is 2.12. The lowest BCUT2D eigenvalue weighted by Crippen LogP contribution is -2.30. The van der Waals surface area contributed by atoms with Crippen molar-refractivity contribution >= 4 is 51.3 Å². The van der Waals surface area contributed by atoms with Gasteiger partial charge in [-0.15, -0.1) is 23.7 Å². The lowest BCUT2D eigenvalue weighted by Gasteiger charge is -2.22. The first-order valence-electron chi connectivity index (χ1n) is 5.38. The summed E-state index contributed by atoms with van der Waals surface area (Å²) in [6.45, 7) is 6.27. The Bertz CT molecular complexity index is 366. The molecule has 1 aromatic heterocycles. The van der Waals surface area contributed by atoms with Gasteiger partial charge in [0, 0.05) is 22.4 Å². The van der Waals surface area contributed by atoms with Crippen molar-refractivity contribution in [1.82, 2.24) is 4.90 Å². The minimum atomic E-state index is 0. The van der Waals surface area contributed by atoms with Crippen LogP contribution in [0.1, 0.15) is 18.2 Å². The molecule has 0 bridgehead atoms. The van der Waals surface area contributed by atoms with Crippen molar-refractivity contribution in [3.8, 4) is 0 Å². The number of hydrogen-bond acceptors (Lipinski definition) is 3. The first-order chi connectivity index (χ1) is 7.52. The number of rotatable bonds is 3. The molecule has 0 saturated carbocycles. The van der Waals surface area contributed by atoms with Crippen LogP contribution in [0.25, 0.3) is 0 Å². The zero-order valence-corrected chi connectivity index (χ0v) is 13.7. The van der Waals surface area contributed by atoms with Crippen LogP contribution in [0.15, 0.2) is 10.5 Å². The van der Waals surface area contributed by atoms with E-state index >= 15 is 0 Å². The fourth-order valence-corrected chi connectivity index (χ4v) is 3.95. The molecular weight excluding hydrogens is 343 g/mol. The highest BCUT2D eigenvalue weighted by Gasteiger charge is 2.32. The van der Waals surface area contributed by atoms with E-state index in [-0.39, 0.29) is 12.4 Å². The van der Waals surface area contributed by atoms with Crippen LogP contribution < -0.4 is 5.73 Å². The Balaban J connectivity index is 0.00000144. The Labute approximate surface area is 126 Å². The summed E-state index contributed by atoms with van der Waals surface area (Å²) in [5, 5.41) is 0. The number of thiophene rings is 1. The number of nitrogens with zero attached hydrogens (tertiary/aromatic N) is 1. The quantitative estimate of drug-likeness (QED) is 0.890. The molecule has 98 valence electrons. The molecule has 2 N–H and O–H groups in total. The molecule has 1 aliphatic heterocycles. The first kappa shape index (κ1) is 15.7. The second kappa shape index (κ2) is 6.22. The van der Waals surface area contributed by atoms with Crippen LogP contribution in [-0.2, 0) is 6.54 Å². The van der Waals surface area contributed by atoms with E-state index in [1.165, 1.54) is 11.3 Å². The Morgan fingerprint density at radius 2 is 2.35 bits per heavy atom. The molecule has 1 saturated heterocycles. The molecule has 0 radical (unpaired) electrons. The fraction of sp³-hybridized carbons (Fsp3) is 0.636. The maximum Gasteiger partial charge on any atom is 0.107 e. The summed E-state index contributed by atoms with van der Waals surface area (Å²) in [5.74, 6) is 0. The Hall–Kier alpha value is 0.680. The Kier molecular flexibility index (Phi) is 5.76. The third kappa shape index (κ3) is 3.82. The lowest BCUT2D eigenvalue weighted by atomic mass is 9.90. The predicted octanol–water partition coefficient (Wildman–Crippen LogP) is 3.76. The molecule has 6 heteroatoms. The van der Waals surface area contributed by atoms with Gasteiger partial charge in [-0.3, -0.25) is 4.90 Å². The molecule has 0 spiro atoms. The number of halogens is 3. The summed E-state index contributed by atoms with van der Waals surface area (Å²) in [6.07, 6.45) is 1.20. The van der Waals surface area contributed by atoms with E-state index < -0.39 is 0 Å². The highest BCUT2D eigenvalue weighted by Crippen LogP contribution is 2.35. The molecule has 2 rings (SSSR count). The van der Waals surface area contributed by atoms with Gasteiger partial charge in [-0.05, 0) is 46.9 Å². The molecular formula is C11H17BrCl2N2S. The van der Waals surface area contributed by atoms with Crippen molar-refractivity contribution in [3.05, 3.63) is 19.8 Å². The minimum absolute atomic E-state index is 0. The summed E-state index contributed by atoms with van der Waals surface area (Å²) in [4.78, 5) is 3.78. The van der Waals surface area contributed by atoms with E-state index in [2.05, 4.69) is 33.8 Å². The summed E-state index contributed by atoms with van der Waals surface area (Å²) in [5.41, 5.74) is 6.10. The topological polar surface area (TPSA) is 29.3 Å². The van der Waals surface area contributed by atoms with Gasteiger partial charge in [0.15, 0.2) is 0 Å². The lowest BCUT2D eigenvalue weighted by molar-refractivity contribution is 0.276. The third-order valence-corrected chi connectivity index (χ3v) is 5.66. The van der Waals surface area contributed by atoms with E-state index in [9.17, 15) is 0 Å². The van der Waals surface area contributed by atoms with Crippen LogP contribution in [0.5, 0.6) is 0 Å². The van der Waals surface area contributed by atoms with E-state index in [1.54, 1.807) is 11.3 Å². The predicted molar refractivity (Wildman–Crippen MR) is 81.3 cm³/mol. The zero-order chi connectivity index (χ0) is 11.8. The van der Waals surface area contributed by atoms with E-state index in [4.69, 9.17) is 17.3 Å². The maximum absolute atomic E-state index is 6.03. The van der Waals surface area contributed by atoms with Gasteiger partial charge in [0.1, 0.15) is 4.34 Å². The van der Waals surface area contributed by atoms with Gasteiger partial charge >= 0.3 is 0 Å². The fourth-order valence-electron chi connectivity index (χ4n) is 2.12. The molecule has 0 aliphatic carbocycles. The van der Waals surface area contributed by atoms with Crippen LogP contribution >= 0.6 is 51.3 Å². The molecule has 1 atom stereocenters. The van der Waals surface area contributed by atoms with Gasteiger partial charge in [-0.25, -0.2) is 0 Å². The van der Waals surface area contributed by atoms with Crippen molar-refractivity contribution < 1.29 is 0 Å². The zero-order valence-electron chi connectivity index (χ0n) is 9.71. The average Bonchev–Trinajstić information content (AvgIpc) is 2.74. The molecule has 1 fully saturated rings. The van der Waals surface area contributed by atoms with E-state index in [1.807, 2.05) is 0 Å². The molecule has 0 amide bonds. The number of nitrogens with two attached hydrogens (primary N) is 1. The molecule has 1 unspecified atom stereocenters. The highest BCUT2D eigenvalue weighted by atomic mass is 79.9. The smallest absolute Gasteiger partial charge is 0.107 e. The van der Waals surface area contributed by atoms with Gasteiger partial charge in [0.05, 0.1) is 0 Å². The molecule has 1 aliphatic rings. The van der Waals surface area contributed by atoms with Gasteiger partial charge in [0.25, 0.3) is 0 Å². The standard InChI is InChI=1S/C11H16BrClN2S.ClH/c1-11(6-14)2-3-15(7-11)5-8-4-9(12)10(13)16-8;/h4H,2-3,5-7,14H2,1H3;1H. The first-order valence-corrected chi connectivity index (χ1v) is 7.37. The van der Waals surface area contributed by atoms with Crippen LogP contribution in [0.4, 0.5) is 0 Å². The normalized spacial score (nSPS) is 24.9. The Morgan fingerprint density at radius 1 is 1.65 bits per heavy atom. The molecule has 17 heavy (non-hydrogen) atoms. The van der Waals surface area contributed by atoms with Crippen LogP contribution in [0, 0.1) is 5.41 Å². The van der Waals surface area contributed by atoms with Crippen molar-refractivity contribution in [2.24, 2.45) is 11.1 Å².